The van der Waals surface area contributed by atoms with E-state index in [9.17, 15) is 30.4 Å². The smallest absolute Gasteiger partial charge is 0.339 e. The van der Waals surface area contributed by atoms with Crippen LogP contribution in [0.3, 0.4) is 0 Å². The fraction of sp³-hybridized carbons (Fsp3) is 0.182. The molecule has 0 spiro atoms. The Labute approximate surface area is 204 Å². The minimum absolute atomic E-state index is 0.0327. The summed E-state index contributed by atoms with van der Waals surface area (Å²) >= 11 is 0. The number of hydrogen-bond acceptors (Lipinski definition) is 9. The molecule has 3 aromatic carbocycles. The van der Waals surface area contributed by atoms with Gasteiger partial charge in [-0.15, -0.1) is 0 Å². The van der Waals surface area contributed by atoms with Crippen LogP contribution in [0.4, 0.5) is 0 Å². The van der Waals surface area contributed by atoms with Crippen molar-refractivity contribution in [3.05, 3.63) is 72.8 Å². The van der Waals surface area contributed by atoms with Gasteiger partial charge in [0.05, 0.1) is 4.90 Å². The average molecular weight is 542 g/mol. The number of phenols is 1. The third-order valence-corrected chi connectivity index (χ3v) is 8.61. The molecule has 188 valence electrons. The van der Waals surface area contributed by atoms with Gasteiger partial charge in [-0.05, 0) is 79.2 Å². The fourth-order valence-corrected chi connectivity index (χ4v) is 5.70. The van der Waals surface area contributed by atoms with Gasteiger partial charge in [0.15, 0.2) is 0 Å². The SMILES string of the molecule is CCCCNS(=O)(=O)c1ccc(OS(=O)(=O)c2ccc(OS(=O)(=O)c3ccc(O)cc3)cc2)cc1. The van der Waals surface area contributed by atoms with E-state index in [-0.39, 0.29) is 31.9 Å². The van der Waals surface area contributed by atoms with Crippen LogP contribution in [0.15, 0.2) is 87.5 Å². The molecule has 3 rings (SSSR count). The summed E-state index contributed by atoms with van der Waals surface area (Å²) in [5.74, 6) is -0.353. The van der Waals surface area contributed by atoms with Crippen LogP contribution in [0.2, 0.25) is 0 Å². The molecule has 0 unspecified atom stereocenters. The van der Waals surface area contributed by atoms with Gasteiger partial charge < -0.3 is 13.5 Å². The van der Waals surface area contributed by atoms with Crippen molar-refractivity contribution in [2.75, 3.05) is 6.54 Å². The first kappa shape index (κ1) is 26.5. The highest BCUT2D eigenvalue weighted by atomic mass is 32.2. The lowest BCUT2D eigenvalue weighted by Crippen LogP contribution is -2.24. The number of aromatic hydroxyl groups is 1. The van der Waals surface area contributed by atoms with Gasteiger partial charge in [0.2, 0.25) is 10.0 Å². The minimum Gasteiger partial charge on any atom is -0.508 e. The predicted octanol–water partition coefficient (Wildman–Crippen LogP) is 3.01. The van der Waals surface area contributed by atoms with E-state index in [2.05, 4.69) is 4.72 Å². The Morgan fingerprint density at radius 3 is 1.49 bits per heavy atom. The summed E-state index contributed by atoms with van der Waals surface area (Å²) < 4.78 is 86.7. The first-order valence-corrected chi connectivity index (χ1v) is 14.6. The Balaban J connectivity index is 1.69. The van der Waals surface area contributed by atoms with Gasteiger partial charge in [-0.3, -0.25) is 0 Å². The third-order valence-electron chi connectivity index (χ3n) is 4.61. The summed E-state index contributed by atoms with van der Waals surface area (Å²) in [6.07, 6.45) is 1.51. The molecule has 0 radical (unpaired) electrons. The monoisotopic (exact) mass is 541 g/mol. The van der Waals surface area contributed by atoms with Gasteiger partial charge >= 0.3 is 20.2 Å². The summed E-state index contributed by atoms with van der Waals surface area (Å²) in [7, 11) is -12.2. The van der Waals surface area contributed by atoms with Crippen molar-refractivity contribution >= 4 is 30.3 Å². The number of hydrogen-bond donors (Lipinski definition) is 2. The summed E-state index contributed by atoms with van der Waals surface area (Å²) in [4.78, 5) is -0.499. The van der Waals surface area contributed by atoms with Crippen LogP contribution >= 0.6 is 0 Å². The minimum atomic E-state index is -4.29. The first-order chi connectivity index (χ1) is 16.4. The standard InChI is InChI=1S/C22H23NO9S3/c1-2-3-16-23-33(25,26)20-12-6-18(7-13-20)31-35(29,30)22-14-8-19(9-15-22)32-34(27,28)21-10-4-17(24)5-11-21/h4-15,23-24H,2-3,16H2,1H3. The van der Waals surface area contributed by atoms with E-state index in [0.29, 0.717) is 13.0 Å². The van der Waals surface area contributed by atoms with Crippen LogP contribution in [-0.4, -0.2) is 36.9 Å². The molecule has 0 aromatic heterocycles. The lowest BCUT2D eigenvalue weighted by atomic mass is 10.3. The topological polar surface area (TPSA) is 153 Å². The summed E-state index contributed by atoms with van der Waals surface area (Å²) in [6, 6.07) is 14.1. The highest BCUT2D eigenvalue weighted by Crippen LogP contribution is 2.25. The quantitative estimate of drug-likeness (QED) is 0.275. The van der Waals surface area contributed by atoms with Gasteiger partial charge in [-0.2, -0.15) is 16.8 Å². The number of nitrogens with one attached hydrogen (secondary N) is 1. The second kappa shape index (κ2) is 10.6. The van der Waals surface area contributed by atoms with Crippen LogP contribution in [0, 0.1) is 0 Å². The summed E-state index contributed by atoms with van der Waals surface area (Å²) in [5.41, 5.74) is 0. The molecule has 0 saturated heterocycles. The van der Waals surface area contributed by atoms with E-state index in [4.69, 9.17) is 8.37 Å². The molecule has 0 heterocycles. The third kappa shape index (κ3) is 6.94. The molecule has 0 aliphatic rings. The van der Waals surface area contributed by atoms with Gasteiger partial charge in [-0.1, -0.05) is 13.3 Å². The van der Waals surface area contributed by atoms with E-state index in [1.165, 1.54) is 36.4 Å². The molecule has 0 atom stereocenters. The predicted molar refractivity (Wildman–Crippen MR) is 127 cm³/mol. The first-order valence-electron chi connectivity index (χ1n) is 10.3. The number of unbranched alkanes of at least 4 members (excludes halogenated alkanes) is 1. The number of phenolic OH excluding ortho intramolecular Hbond substituents is 1. The Hall–Kier alpha value is -3.13. The lowest BCUT2D eigenvalue weighted by Gasteiger charge is -2.10. The van der Waals surface area contributed by atoms with Crippen molar-refractivity contribution in [2.24, 2.45) is 0 Å². The zero-order chi connectivity index (χ0) is 25.7. The number of rotatable bonds is 11. The molecule has 3 aromatic rings. The normalized spacial score (nSPS) is 12.3. The maximum Gasteiger partial charge on any atom is 0.339 e. The fourth-order valence-electron chi connectivity index (χ4n) is 2.77. The number of benzene rings is 3. The molecule has 10 nitrogen and oxygen atoms in total. The van der Waals surface area contributed by atoms with Crippen molar-refractivity contribution < 1.29 is 38.7 Å². The van der Waals surface area contributed by atoms with Gasteiger partial charge in [-0.25, -0.2) is 13.1 Å². The lowest BCUT2D eigenvalue weighted by molar-refractivity contribution is 0.473. The van der Waals surface area contributed by atoms with E-state index in [1.807, 2.05) is 6.92 Å². The largest absolute Gasteiger partial charge is 0.508 e. The molecule has 13 heteroatoms. The molecule has 0 aliphatic carbocycles. The van der Waals surface area contributed by atoms with E-state index in [1.54, 1.807) is 0 Å². The van der Waals surface area contributed by atoms with Crippen molar-refractivity contribution in [3.63, 3.8) is 0 Å². The zero-order valence-corrected chi connectivity index (χ0v) is 20.9. The van der Waals surface area contributed by atoms with Crippen LogP contribution in [0.1, 0.15) is 19.8 Å². The van der Waals surface area contributed by atoms with E-state index < -0.39 is 30.3 Å². The van der Waals surface area contributed by atoms with Crippen LogP contribution < -0.4 is 13.1 Å². The molecular weight excluding hydrogens is 518 g/mol. The van der Waals surface area contributed by atoms with Crippen molar-refractivity contribution in [1.29, 1.82) is 0 Å². The molecular formula is C22H23NO9S3. The van der Waals surface area contributed by atoms with Gasteiger partial charge in [0, 0.05) is 6.54 Å². The molecule has 0 fully saturated rings. The molecule has 0 bridgehead atoms. The summed E-state index contributed by atoms with van der Waals surface area (Å²) in [5, 5.41) is 9.28. The van der Waals surface area contributed by atoms with E-state index in [0.717, 1.165) is 42.8 Å². The highest BCUT2D eigenvalue weighted by Gasteiger charge is 2.20. The Bertz CT molecular complexity index is 1470. The highest BCUT2D eigenvalue weighted by molar-refractivity contribution is 7.89. The molecule has 35 heavy (non-hydrogen) atoms. The zero-order valence-electron chi connectivity index (χ0n) is 18.5. The van der Waals surface area contributed by atoms with Crippen molar-refractivity contribution in [3.8, 4) is 17.2 Å². The molecule has 0 amide bonds. The molecule has 2 N–H and O–H groups in total. The summed E-state index contributed by atoms with van der Waals surface area (Å²) in [6.45, 7) is 2.22. The average Bonchev–Trinajstić information content (AvgIpc) is 2.80. The van der Waals surface area contributed by atoms with E-state index >= 15 is 0 Å². The maximum absolute atomic E-state index is 12.6. The molecule has 0 aliphatic heterocycles. The second-order valence-corrected chi connectivity index (χ2v) is 12.1. The Morgan fingerprint density at radius 2 is 1.06 bits per heavy atom. The van der Waals surface area contributed by atoms with Crippen LogP contribution in [-0.2, 0) is 30.3 Å². The van der Waals surface area contributed by atoms with Gasteiger partial charge in [0.1, 0.15) is 27.0 Å². The van der Waals surface area contributed by atoms with Crippen LogP contribution in [0.25, 0.3) is 0 Å². The Kier molecular flexibility index (Phi) is 8.05. The van der Waals surface area contributed by atoms with Gasteiger partial charge in [0.25, 0.3) is 0 Å². The van der Waals surface area contributed by atoms with Crippen molar-refractivity contribution in [2.45, 2.75) is 34.5 Å². The number of sulfonamides is 1. The van der Waals surface area contributed by atoms with Crippen LogP contribution in [0.5, 0.6) is 17.2 Å². The Morgan fingerprint density at radius 1 is 0.657 bits per heavy atom. The second-order valence-electron chi connectivity index (χ2n) is 7.26. The maximum atomic E-state index is 12.6. The van der Waals surface area contributed by atoms with Crippen molar-refractivity contribution in [1.82, 2.24) is 4.72 Å². The molecule has 0 saturated carbocycles.